The van der Waals surface area contributed by atoms with Crippen molar-refractivity contribution in [1.82, 2.24) is 0 Å². The van der Waals surface area contributed by atoms with E-state index in [9.17, 15) is 31.9 Å². The first kappa shape index (κ1) is 20.5. The molecule has 27 heavy (non-hydrogen) atoms. The molecule has 3 aliphatic carbocycles. The van der Waals surface area contributed by atoms with Gasteiger partial charge in [-0.1, -0.05) is 12.2 Å². The molecule has 3 rings (SSSR count). The van der Waals surface area contributed by atoms with Crippen molar-refractivity contribution in [1.29, 1.82) is 0 Å². The molecule has 7 atom stereocenters. The number of hydrogen-bond donors (Lipinski definition) is 2. The van der Waals surface area contributed by atoms with Crippen molar-refractivity contribution in [2.24, 2.45) is 29.6 Å². The molecule has 5 nitrogen and oxygen atoms in total. The number of esters is 1. The second kappa shape index (κ2) is 7.29. The molecule has 0 aromatic carbocycles. The SMILES string of the molecule is O=C(OCC(O)OC(O)(C(F)F)C(F)(F)F)C1CCC2C3C=CC(C3)C2C1. The van der Waals surface area contributed by atoms with E-state index in [0.29, 0.717) is 36.5 Å². The fourth-order valence-corrected chi connectivity index (χ4v) is 4.61. The van der Waals surface area contributed by atoms with Gasteiger partial charge >= 0.3 is 24.4 Å². The first-order valence-electron chi connectivity index (χ1n) is 8.81. The second-order valence-corrected chi connectivity index (χ2v) is 7.48. The van der Waals surface area contributed by atoms with E-state index < -0.39 is 43.2 Å². The van der Waals surface area contributed by atoms with Gasteiger partial charge in [0, 0.05) is 0 Å². The molecule has 3 aliphatic rings. The van der Waals surface area contributed by atoms with Crippen molar-refractivity contribution in [3.63, 3.8) is 0 Å². The summed E-state index contributed by atoms with van der Waals surface area (Å²) in [6.45, 7) is -1.08. The van der Waals surface area contributed by atoms with Crippen molar-refractivity contribution in [3.8, 4) is 0 Å². The molecule has 10 heteroatoms. The first-order chi connectivity index (χ1) is 12.5. The minimum absolute atomic E-state index is 0.363. The molecule has 7 unspecified atom stereocenters. The lowest BCUT2D eigenvalue weighted by Gasteiger charge is -2.36. The van der Waals surface area contributed by atoms with E-state index in [2.05, 4.69) is 16.9 Å². The monoisotopic (exact) mass is 400 g/mol. The summed E-state index contributed by atoms with van der Waals surface area (Å²) in [4.78, 5) is 12.2. The molecule has 0 heterocycles. The molecular formula is C17H21F5O5. The standard InChI is InChI=1S/C17H21F5O5/c18-15(19)16(25,17(20,21)22)27-13(23)7-26-14(24)10-3-4-11-8-1-2-9(5-8)12(11)6-10/h1-2,8-13,15,23,25H,3-7H2. The lowest BCUT2D eigenvalue weighted by atomic mass is 9.69. The third-order valence-electron chi connectivity index (χ3n) is 5.92. The fraction of sp³-hybridized carbons (Fsp3) is 0.824. The number of carbonyl (C=O) groups is 1. The maximum Gasteiger partial charge on any atom is 0.449 e. The number of rotatable bonds is 6. The van der Waals surface area contributed by atoms with Crippen LogP contribution in [-0.2, 0) is 14.3 Å². The summed E-state index contributed by atoms with van der Waals surface area (Å²) in [5.74, 6) is -4.14. The normalized spacial score (nSPS) is 35.8. The van der Waals surface area contributed by atoms with Gasteiger partial charge in [-0.15, -0.1) is 0 Å². The third kappa shape index (κ3) is 3.84. The van der Waals surface area contributed by atoms with Gasteiger partial charge in [0.05, 0.1) is 5.92 Å². The average Bonchev–Trinajstić information content (AvgIpc) is 3.20. The molecule has 0 aromatic rings. The van der Waals surface area contributed by atoms with Gasteiger partial charge in [0.1, 0.15) is 6.61 Å². The zero-order chi connectivity index (χ0) is 20.0. The highest BCUT2D eigenvalue weighted by molar-refractivity contribution is 5.72. The Morgan fingerprint density at radius 2 is 1.74 bits per heavy atom. The van der Waals surface area contributed by atoms with Crippen molar-refractivity contribution in [2.75, 3.05) is 6.61 Å². The topological polar surface area (TPSA) is 76.0 Å². The molecular weight excluding hydrogens is 379 g/mol. The van der Waals surface area contributed by atoms with Gasteiger partial charge in [-0.2, -0.15) is 13.2 Å². The number of ether oxygens (including phenoxy) is 2. The smallest absolute Gasteiger partial charge is 0.449 e. The minimum atomic E-state index is -5.83. The Bertz CT molecular complexity index is 595. The van der Waals surface area contributed by atoms with Crippen LogP contribution in [0.1, 0.15) is 25.7 Å². The highest BCUT2D eigenvalue weighted by Crippen LogP contribution is 2.55. The van der Waals surface area contributed by atoms with E-state index in [1.54, 1.807) is 0 Å². The number of fused-ring (bicyclic) bond motifs is 5. The number of carbonyl (C=O) groups excluding carboxylic acids is 1. The molecule has 154 valence electrons. The van der Waals surface area contributed by atoms with Crippen LogP contribution in [0.4, 0.5) is 22.0 Å². The Balaban J connectivity index is 1.50. The zero-order valence-electron chi connectivity index (χ0n) is 14.2. The Hall–Kier alpha value is -1.26. The van der Waals surface area contributed by atoms with Gasteiger partial charge in [-0.25, -0.2) is 8.78 Å². The molecule has 2 bridgehead atoms. The molecule has 0 aromatic heterocycles. The molecule has 0 spiro atoms. The van der Waals surface area contributed by atoms with Crippen LogP contribution in [0, 0.1) is 29.6 Å². The van der Waals surface area contributed by atoms with Gasteiger partial charge in [0.2, 0.25) is 0 Å². The second-order valence-electron chi connectivity index (χ2n) is 7.48. The molecule has 0 radical (unpaired) electrons. The van der Waals surface area contributed by atoms with Crippen LogP contribution in [0.5, 0.6) is 0 Å². The highest BCUT2D eigenvalue weighted by atomic mass is 19.4. The van der Waals surface area contributed by atoms with Crippen molar-refractivity contribution in [2.45, 2.75) is 50.4 Å². The van der Waals surface area contributed by atoms with Crippen LogP contribution >= 0.6 is 0 Å². The van der Waals surface area contributed by atoms with Crippen LogP contribution in [0.25, 0.3) is 0 Å². The van der Waals surface area contributed by atoms with E-state index in [-0.39, 0.29) is 0 Å². The summed E-state index contributed by atoms with van der Waals surface area (Å²) in [6.07, 6.45) is -5.28. The van der Waals surface area contributed by atoms with Crippen LogP contribution in [-0.4, -0.2) is 47.5 Å². The van der Waals surface area contributed by atoms with Crippen LogP contribution < -0.4 is 0 Å². The maximum atomic E-state index is 12.5. The number of halogens is 5. The van der Waals surface area contributed by atoms with Crippen LogP contribution in [0.15, 0.2) is 12.2 Å². The van der Waals surface area contributed by atoms with E-state index in [1.807, 2.05) is 0 Å². The number of aliphatic hydroxyl groups excluding tert-OH is 1. The van der Waals surface area contributed by atoms with Gasteiger partial charge < -0.3 is 19.7 Å². The summed E-state index contributed by atoms with van der Waals surface area (Å²) in [5.41, 5.74) is 0. The Morgan fingerprint density at radius 3 is 2.33 bits per heavy atom. The number of hydrogen-bond acceptors (Lipinski definition) is 5. The molecule has 2 fully saturated rings. The Kier molecular flexibility index (Phi) is 5.53. The zero-order valence-corrected chi connectivity index (χ0v) is 14.2. The quantitative estimate of drug-likeness (QED) is 0.310. The predicted molar refractivity (Wildman–Crippen MR) is 80.1 cm³/mol. The number of allylic oxidation sites excluding steroid dienone is 2. The molecule has 2 N–H and O–H groups in total. The van der Waals surface area contributed by atoms with Crippen molar-refractivity contribution < 1.29 is 46.4 Å². The molecule has 2 saturated carbocycles. The predicted octanol–water partition coefficient (Wildman–Crippen LogP) is 2.62. The first-order valence-corrected chi connectivity index (χ1v) is 8.81. The summed E-state index contributed by atoms with van der Waals surface area (Å²) in [6, 6.07) is 0. The third-order valence-corrected chi connectivity index (χ3v) is 5.92. The van der Waals surface area contributed by atoms with E-state index in [4.69, 9.17) is 9.84 Å². The number of aliphatic hydroxyl groups is 2. The fourth-order valence-electron chi connectivity index (χ4n) is 4.61. The van der Waals surface area contributed by atoms with Crippen LogP contribution in [0.2, 0.25) is 0 Å². The lowest BCUT2D eigenvalue weighted by molar-refractivity contribution is -0.429. The van der Waals surface area contributed by atoms with Gasteiger partial charge in [-0.05, 0) is 49.4 Å². The summed E-state index contributed by atoms with van der Waals surface area (Å²) in [5, 5.41) is 18.3. The molecule has 0 amide bonds. The Labute approximate surface area is 152 Å². The van der Waals surface area contributed by atoms with Gasteiger partial charge in [0.25, 0.3) is 0 Å². The van der Waals surface area contributed by atoms with E-state index in [0.717, 1.165) is 12.8 Å². The Morgan fingerprint density at radius 1 is 1.11 bits per heavy atom. The molecule has 0 aliphatic heterocycles. The van der Waals surface area contributed by atoms with Crippen LogP contribution in [0.3, 0.4) is 0 Å². The number of alkyl halides is 5. The maximum absolute atomic E-state index is 12.5. The van der Waals surface area contributed by atoms with Gasteiger partial charge in [-0.3, -0.25) is 4.79 Å². The highest BCUT2D eigenvalue weighted by Gasteiger charge is 2.63. The lowest BCUT2D eigenvalue weighted by Crippen LogP contribution is -2.56. The molecule has 0 saturated heterocycles. The average molecular weight is 400 g/mol. The minimum Gasteiger partial charge on any atom is -0.460 e. The summed E-state index contributed by atoms with van der Waals surface area (Å²) >= 11 is 0. The summed E-state index contributed by atoms with van der Waals surface area (Å²) < 4.78 is 71.0. The van der Waals surface area contributed by atoms with Crippen molar-refractivity contribution in [3.05, 3.63) is 12.2 Å². The largest absolute Gasteiger partial charge is 0.460 e. The van der Waals surface area contributed by atoms with E-state index in [1.165, 1.54) is 0 Å². The summed E-state index contributed by atoms with van der Waals surface area (Å²) in [7, 11) is 0. The van der Waals surface area contributed by atoms with Crippen molar-refractivity contribution >= 4 is 5.97 Å². The van der Waals surface area contributed by atoms with E-state index >= 15 is 0 Å². The van der Waals surface area contributed by atoms with Gasteiger partial charge in [0.15, 0.2) is 6.29 Å².